The molecule has 0 spiro atoms. The fourth-order valence-corrected chi connectivity index (χ4v) is 2.90. The summed E-state index contributed by atoms with van der Waals surface area (Å²) in [6.07, 6.45) is -0.802. The maximum atomic E-state index is 12.2. The summed E-state index contributed by atoms with van der Waals surface area (Å²) in [7, 11) is 1.58. The molecule has 0 aliphatic carbocycles. The van der Waals surface area contributed by atoms with Crippen LogP contribution in [0, 0.1) is 13.8 Å². The molecule has 1 unspecified atom stereocenters. The molecule has 0 saturated carbocycles. The zero-order valence-corrected chi connectivity index (χ0v) is 16.5. The molecule has 0 bridgehead atoms. The molecule has 7 heteroatoms. The van der Waals surface area contributed by atoms with Gasteiger partial charge in [-0.1, -0.05) is 23.7 Å². The summed E-state index contributed by atoms with van der Waals surface area (Å²) in [5.41, 5.74) is 7.72. The van der Waals surface area contributed by atoms with E-state index in [9.17, 15) is 9.59 Å². The van der Waals surface area contributed by atoms with Crippen LogP contribution in [0.4, 0.5) is 0 Å². The number of hydrogen-bond donors (Lipinski definition) is 2. The number of benzene rings is 2. The number of methoxy groups -OCH3 is 1. The van der Waals surface area contributed by atoms with Gasteiger partial charge in [0.2, 0.25) is 0 Å². The molecule has 0 aliphatic heterocycles. The molecule has 0 aliphatic rings. The first kappa shape index (κ1) is 20.7. The van der Waals surface area contributed by atoms with E-state index in [0.29, 0.717) is 22.9 Å². The Morgan fingerprint density at radius 3 is 2.41 bits per heavy atom. The van der Waals surface area contributed by atoms with Crippen molar-refractivity contribution in [2.24, 2.45) is 0 Å². The van der Waals surface area contributed by atoms with Gasteiger partial charge in [0.1, 0.15) is 5.75 Å². The molecule has 2 aromatic rings. The van der Waals surface area contributed by atoms with Crippen LogP contribution in [0.3, 0.4) is 0 Å². The lowest BCUT2D eigenvalue weighted by Gasteiger charge is -2.18. The Morgan fingerprint density at radius 1 is 1.11 bits per heavy atom. The minimum atomic E-state index is -0.802. The second-order valence-electron chi connectivity index (χ2n) is 6.21. The maximum absolute atomic E-state index is 12.2. The monoisotopic (exact) mass is 390 g/mol. The fourth-order valence-electron chi connectivity index (χ4n) is 2.57. The number of rotatable bonds is 6. The first-order chi connectivity index (χ1) is 12.8. The molecule has 6 nitrogen and oxygen atoms in total. The number of carbonyl (C=O) groups is 2. The summed E-state index contributed by atoms with van der Waals surface area (Å²) < 4.78 is 10.8. The standard InChI is InChI=1S/C20H23ClN2O4/c1-12-8-17(21)9-13(2)18(12)27-14(3)19(24)22-23-20(25)16-7-5-6-15(10-16)11-26-4/h5-10,14H,11H2,1-4H3,(H,22,24)(H,23,25). The van der Waals surface area contributed by atoms with Crippen molar-refractivity contribution in [2.75, 3.05) is 7.11 Å². The highest BCUT2D eigenvalue weighted by Crippen LogP contribution is 2.27. The van der Waals surface area contributed by atoms with E-state index in [1.54, 1.807) is 44.4 Å². The lowest BCUT2D eigenvalue weighted by molar-refractivity contribution is -0.128. The number of ether oxygens (including phenoxy) is 2. The number of nitrogens with one attached hydrogen (secondary N) is 2. The number of halogens is 1. The molecule has 27 heavy (non-hydrogen) atoms. The van der Waals surface area contributed by atoms with Crippen LogP contribution in [0.25, 0.3) is 0 Å². The van der Waals surface area contributed by atoms with Gasteiger partial charge in [0.05, 0.1) is 6.61 Å². The van der Waals surface area contributed by atoms with Crippen LogP contribution in [0.5, 0.6) is 5.75 Å². The molecule has 2 rings (SSSR count). The number of hydrogen-bond acceptors (Lipinski definition) is 4. The zero-order valence-electron chi connectivity index (χ0n) is 15.8. The Kier molecular flexibility index (Phi) is 7.21. The minimum Gasteiger partial charge on any atom is -0.480 e. The van der Waals surface area contributed by atoms with Crippen molar-refractivity contribution in [3.8, 4) is 5.75 Å². The van der Waals surface area contributed by atoms with E-state index in [4.69, 9.17) is 21.1 Å². The number of carbonyl (C=O) groups excluding carboxylic acids is 2. The van der Waals surface area contributed by atoms with Crippen LogP contribution < -0.4 is 15.6 Å². The highest BCUT2D eigenvalue weighted by Gasteiger charge is 2.18. The largest absolute Gasteiger partial charge is 0.480 e. The molecule has 0 heterocycles. The normalized spacial score (nSPS) is 11.6. The smallest absolute Gasteiger partial charge is 0.279 e. The molecule has 2 amide bonds. The van der Waals surface area contributed by atoms with Gasteiger partial charge in [-0.3, -0.25) is 20.4 Å². The molecule has 0 fully saturated rings. The van der Waals surface area contributed by atoms with E-state index in [1.165, 1.54) is 0 Å². The van der Waals surface area contributed by atoms with E-state index in [2.05, 4.69) is 10.9 Å². The lowest BCUT2D eigenvalue weighted by Crippen LogP contribution is -2.47. The Hall–Kier alpha value is -2.57. The predicted octanol–water partition coefficient (Wildman–Crippen LogP) is 3.33. The van der Waals surface area contributed by atoms with Gasteiger partial charge < -0.3 is 9.47 Å². The molecule has 2 aromatic carbocycles. The Labute approximate surface area is 163 Å². The summed E-state index contributed by atoms with van der Waals surface area (Å²) in [6.45, 7) is 5.72. The minimum absolute atomic E-state index is 0.401. The van der Waals surface area contributed by atoms with E-state index >= 15 is 0 Å². The average Bonchev–Trinajstić information content (AvgIpc) is 2.62. The molecular weight excluding hydrogens is 368 g/mol. The lowest BCUT2D eigenvalue weighted by atomic mass is 10.1. The maximum Gasteiger partial charge on any atom is 0.279 e. The third-order valence-corrected chi connectivity index (χ3v) is 4.11. The van der Waals surface area contributed by atoms with Crippen molar-refractivity contribution in [1.82, 2.24) is 10.9 Å². The second kappa shape index (κ2) is 9.39. The summed E-state index contributed by atoms with van der Waals surface area (Å²) in [5.74, 6) is -0.293. The van der Waals surface area contributed by atoms with Crippen molar-refractivity contribution in [2.45, 2.75) is 33.5 Å². The predicted molar refractivity (Wildman–Crippen MR) is 104 cm³/mol. The van der Waals surface area contributed by atoms with Gasteiger partial charge >= 0.3 is 0 Å². The highest BCUT2D eigenvalue weighted by molar-refractivity contribution is 6.30. The first-order valence-electron chi connectivity index (χ1n) is 8.43. The summed E-state index contributed by atoms with van der Waals surface area (Å²) in [6, 6.07) is 10.5. The average molecular weight is 391 g/mol. The molecular formula is C20H23ClN2O4. The second-order valence-corrected chi connectivity index (χ2v) is 6.64. The van der Waals surface area contributed by atoms with E-state index in [-0.39, 0.29) is 0 Å². The van der Waals surface area contributed by atoms with Crippen molar-refractivity contribution in [3.63, 3.8) is 0 Å². The van der Waals surface area contributed by atoms with Gasteiger partial charge in [-0.2, -0.15) is 0 Å². The van der Waals surface area contributed by atoms with Gasteiger partial charge in [0.15, 0.2) is 6.10 Å². The van der Waals surface area contributed by atoms with Crippen molar-refractivity contribution in [3.05, 3.63) is 63.7 Å². The third-order valence-electron chi connectivity index (χ3n) is 3.89. The number of amides is 2. The molecule has 2 N–H and O–H groups in total. The molecule has 0 radical (unpaired) electrons. The summed E-state index contributed by atoms with van der Waals surface area (Å²) in [5, 5.41) is 0.609. The van der Waals surface area contributed by atoms with Crippen LogP contribution in [-0.4, -0.2) is 25.0 Å². The Balaban J connectivity index is 1.95. The topological polar surface area (TPSA) is 76.7 Å². The summed E-state index contributed by atoms with van der Waals surface area (Å²) >= 11 is 6.00. The van der Waals surface area contributed by atoms with Gasteiger partial charge in [0.25, 0.3) is 11.8 Å². The molecule has 0 aromatic heterocycles. The Bertz CT molecular complexity index is 815. The molecule has 1 atom stereocenters. The number of aryl methyl sites for hydroxylation is 2. The summed E-state index contributed by atoms with van der Waals surface area (Å²) in [4.78, 5) is 24.5. The van der Waals surface area contributed by atoms with Gasteiger partial charge in [0, 0.05) is 17.7 Å². The van der Waals surface area contributed by atoms with E-state index in [1.807, 2.05) is 19.9 Å². The fraction of sp³-hybridized carbons (Fsp3) is 0.300. The molecule has 144 valence electrons. The van der Waals surface area contributed by atoms with Crippen LogP contribution in [0.15, 0.2) is 36.4 Å². The van der Waals surface area contributed by atoms with E-state index < -0.39 is 17.9 Å². The van der Waals surface area contributed by atoms with Gasteiger partial charge in [-0.15, -0.1) is 0 Å². The Morgan fingerprint density at radius 2 is 1.78 bits per heavy atom. The highest BCUT2D eigenvalue weighted by atomic mass is 35.5. The zero-order chi connectivity index (χ0) is 20.0. The van der Waals surface area contributed by atoms with Crippen molar-refractivity contribution < 1.29 is 19.1 Å². The van der Waals surface area contributed by atoms with Crippen molar-refractivity contribution >= 4 is 23.4 Å². The van der Waals surface area contributed by atoms with E-state index in [0.717, 1.165) is 16.7 Å². The molecule has 0 saturated heterocycles. The van der Waals surface area contributed by atoms with Crippen LogP contribution in [0.1, 0.15) is 34.0 Å². The van der Waals surface area contributed by atoms with Crippen LogP contribution >= 0.6 is 11.6 Å². The number of hydrazine groups is 1. The van der Waals surface area contributed by atoms with Gasteiger partial charge in [-0.05, 0) is 61.7 Å². The van der Waals surface area contributed by atoms with Crippen LogP contribution in [0.2, 0.25) is 5.02 Å². The van der Waals surface area contributed by atoms with Crippen molar-refractivity contribution in [1.29, 1.82) is 0 Å². The van der Waals surface area contributed by atoms with Gasteiger partial charge in [-0.25, -0.2) is 0 Å². The SMILES string of the molecule is COCc1cccc(C(=O)NNC(=O)C(C)Oc2c(C)cc(Cl)cc2C)c1. The quantitative estimate of drug-likeness (QED) is 0.742. The first-order valence-corrected chi connectivity index (χ1v) is 8.81. The third kappa shape index (κ3) is 5.70. The van der Waals surface area contributed by atoms with Crippen LogP contribution in [-0.2, 0) is 16.1 Å².